The van der Waals surface area contributed by atoms with Crippen LogP contribution in [0.1, 0.15) is 53.4 Å². The highest BCUT2D eigenvalue weighted by Crippen LogP contribution is 2.45. The maximum atomic E-state index is 6.78. The Labute approximate surface area is 122 Å². The van der Waals surface area contributed by atoms with Gasteiger partial charge in [-0.05, 0) is 44.2 Å². The normalized spacial score (nSPS) is 35.7. The number of rotatable bonds is 6. The Morgan fingerprint density at radius 1 is 1.17 bits per heavy atom. The summed E-state index contributed by atoms with van der Waals surface area (Å²) in [6.07, 6.45) is 4.20. The van der Waals surface area contributed by atoms with Crippen molar-refractivity contribution in [1.82, 2.24) is 10.6 Å². The molecule has 0 heterocycles. The molecule has 108 valence electrons. The molecular formula is C14H28Cl2N2. The van der Waals surface area contributed by atoms with E-state index >= 15 is 0 Å². The van der Waals surface area contributed by atoms with E-state index in [1.807, 2.05) is 0 Å². The van der Waals surface area contributed by atoms with Gasteiger partial charge in [0.25, 0.3) is 0 Å². The first kappa shape index (κ1) is 16.6. The van der Waals surface area contributed by atoms with Gasteiger partial charge in [0.2, 0.25) is 0 Å². The van der Waals surface area contributed by atoms with E-state index in [-0.39, 0.29) is 16.8 Å². The number of halogens is 2. The van der Waals surface area contributed by atoms with Gasteiger partial charge in [-0.15, -0.1) is 23.2 Å². The lowest BCUT2D eigenvalue weighted by molar-refractivity contribution is 0.144. The lowest BCUT2D eigenvalue weighted by Gasteiger charge is -2.49. The fraction of sp³-hybridized carbons (Fsp3) is 1.00. The topological polar surface area (TPSA) is 24.1 Å². The summed E-state index contributed by atoms with van der Waals surface area (Å²) in [6, 6.07) is 0.289. The first-order valence-corrected chi connectivity index (χ1v) is 7.97. The van der Waals surface area contributed by atoms with Gasteiger partial charge in [0, 0.05) is 6.04 Å². The van der Waals surface area contributed by atoms with Crippen molar-refractivity contribution in [2.45, 2.75) is 69.8 Å². The fourth-order valence-electron chi connectivity index (χ4n) is 2.88. The van der Waals surface area contributed by atoms with Crippen LogP contribution in [0.4, 0.5) is 0 Å². The van der Waals surface area contributed by atoms with Crippen molar-refractivity contribution in [2.24, 2.45) is 5.41 Å². The van der Waals surface area contributed by atoms with Crippen molar-refractivity contribution in [1.29, 1.82) is 0 Å². The number of hydrogen-bond acceptors (Lipinski definition) is 2. The zero-order valence-electron chi connectivity index (χ0n) is 12.2. The van der Waals surface area contributed by atoms with Crippen LogP contribution >= 0.6 is 23.2 Å². The van der Waals surface area contributed by atoms with Crippen LogP contribution in [-0.2, 0) is 0 Å². The van der Waals surface area contributed by atoms with Gasteiger partial charge in [0.15, 0.2) is 0 Å². The van der Waals surface area contributed by atoms with Gasteiger partial charge in [-0.2, -0.15) is 0 Å². The predicted octanol–water partition coefficient (Wildman–Crippen LogP) is 3.72. The largest absolute Gasteiger partial charge is 0.312 e. The molecule has 0 aliphatic heterocycles. The summed E-state index contributed by atoms with van der Waals surface area (Å²) in [4.78, 5) is -0.481. The number of nitrogens with one attached hydrogen (secondary N) is 2. The molecule has 1 rings (SSSR count). The highest BCUT2D eigenvalue weighted by atomic mass is 35.5. The highest BCUT2D eigenvalue weighted by molar-refractivity contribution is 6.32. The fourth-order valence-corrected chi connectivity index (χ4v) is 3.82. The standard InChI is InChI=1S/C14H28Cl2N2/c1-5-7-17-11-9-13(3,4)10-14(16,12(11)15)18-8-6-2/h11-12,17-18H,5-10H2,1-4H3. The van der Waals surface area contributed by atoms with Crippen LogP contribution in [0.2, 0.25) is 0 Å². The lowest BCUT2D eigenvalue weighted by Crippen LogP contribution is -2.62. The Morgan fingerprint density at radius 3 is 2.33 bits per heavy atom. The van der Waals surface area contributed by atoms with Crippen molar-refractivity contribution in [2.75, 3.05) is 13.1 Å². The summed E-state index contributed by atoms with van der Waals surface area (Å²) in [5.41, 5.74) is 0.222. The van der Waals surface area contributed by atoms with Crippen LogP contribution in [0.3, 0.4) is 0 Å². The van der Waals surface area contributed by atoms with Crippen molar-refractivity contribution < 1.29 is 0 Å². The smallest absolute Gasteiger partial charge is 0.112 e. The quantitative estimate of drug-likeness (QED) is 0.576. The van der Waals surface area contributed by atoms with Gasteiger partial charge in [-0.25, -0.2) is 0 Å². The van der Waals surface area contributed by atoms with Crippen molar-refractivity contribution in [3.63, 3.8) is 0 Å². The van der Waals surface area contributed by atoms with Crippen LogP contribution < -0.4 is 10.6 Å². The summed E-state index contributed by atoms with van der Waals surface area (Å²) in [7, 11) is 0. The van der Waals surface area contributed by atoms with E-state index in [2.05, 4.69) is 38.3 Å². The molecule has 0 amide bonds. The van der Waals surface area contributed by atoms with Crippen LogP contribution in [0.15, 0.2) is 0 Å². The Hall–Kier alpha value is 0.500. The third-order valence-electron chi connectivity index (χ3n) is 3.62. The third-order valence-corrected chi connectivity index (χ3v) is 4.91. The SMILES string of the molecule is CCCNC1CC(C)(C)CC(Cl)(NCCC)C1Cl. The minimum atomic E-state index is -0.481. The molecule has 3 unspecified atom stereocenters. The van der Waals surface area contributed by atoms with Crippen molar-refractivity contribution >= 4 is 23.2 Å². The van der Waals surface area contributed by atoms with Crippen LogP contribution in [-0.4, -0.2) is 29.5 Å². The summed E-state index contributed by atoms with van der Waals surface area (Å²) in [5, 5.41) is 6.94. The maximum Gasteiger partial charge on any atom is 0.112 e. The monoisotopic (exact) mass is 294 g/mol. The molecule has 0 bridgehead atoms. The van der Waals surface area contributed by atoms with Gasteiger partial charge in [-0.3, -0.25) is 5.32 Å². The Balaban J connectivity index is 2.76. The average molecular weight is 295 g/mol. The summed E-state index contributed by atoms with van der Waals surface area (Å²) in [6.45, 7) is 10.8. The molecule has 0 saturated heterocycles. The summed E-state index contributed by atoms with van der Waals surface area (Å²) in [5.74, 6) is 0. The zero-order chi connectivity index (χ0) is 13.8. The van der Waals surface area contributed by atoms with Crippen molar-refractivity contribution in [3.8, 4) is 0 Å². The van der Waals surface area contributed by atoms with E-state index in [1.165, 1.54) is 0 Å². The Bertz CT molecular complexity index is 258. The molecule has 0 radical (unpaired) electrons. The van der Waals surface area contributed by atoms with Gasteiger partial charge in [0.1, 0.15) is 5.00 Å². The molecule has 1 aliphatic rings. The van der Waals surface area contributed by atoms with E-state index in [1.54, 1.807) is 0 Å². The maximum absolute atomic E-state index is 6.78. The molecule has 3 atom stereocenters. The number of alkyl halides is 2. The van der Waals surface area contributed by atoms with Crippen LogP contribution in [0, 0.1) is 5.41 Å². The minimum absolute atomic E-state index is 0.0645. The molecule has 18 heavy (non-hydrogen) atoms. The molecule has 2 N–H and O–H groups in total. The molecule has 0 spiro atoms. The van der Waals surface area contributed by atoms with E-state index in [4.69, 9.17) is 23.2 Å². The predicted molar refractivity (Wildman–Crippen MR) is 81.6 cm³/mol. The Kier molecular flexibility index (Phi) is 6.24. The molecule has 0 aromatic carbocycles. The van der Waals surface area contributed by atoms with Gasteiger partial charge < -0.3 is 5.32 Å². The zero-order valence-corrected chi connectivity index (χ0v) is 13.7. The lowest BCUT2D eigenvalue weighted by atomic mass is 9.72. The van der Waals surface area contributed by atoms with E-state index < -0.39 is 5.00 Å². The van der Waals surface area contributed by atoms with Gasteiger partial charge in [0.05, 0.1) is 5.38 Å². The third kappa shape index (κ3) is 4.26. The molecule has 1 aliphatic carbocycles. The molecule has 2 nitrogen and oxygen atoms in total. The molecule has 0 aromatic heterocycles. The van der Waals surface area contributed by atoms with E-state index in [9.17, 15) is 0 Å². The summed E-state index contributed by atoms with van der Waals surface area (Å²) < 4.78 is 0. The highest BCUT2D eigenvalue weighted by Gasteiger charge is 2.49. The summed E-state index contributed by atoms with van der Waals surface area (Å²) >= 11 is 13.4. The van der Waals surface area contributed by atoms with Crippen molar-refractivity contribution in [3.05, 3.63) is 0 Å². The number of hydrogen-bond donors (Lipinski definition) is 2. The molecule has 4 heteroatoms. The average Bonchev–Trinajstić information content (AvgIpc) is 2.29. The van der Waals surface area contributed by atoms with E-state index in [0.717, 1.165) is 38.8 Å². The molecular weight excluding hydrogens is 267 g/mol. The molecule has 1 fully saturated rings. The van der Waals surface area contributed by atoms with E-state index in [0.29, 0.717) is 0 Å². The second kappa shape index (κ2) is 6.78. The first-order valence-electron chi connectivity index (χ1n) is 7.16. The van der Waals surface area contributed by atoms with Crippen LogP contribution in [0.5, 0.6) is 0 Å². The second-order valence-electron chi connectivity index (χ2n) is 6.30. The minimum Gasteiger partial charge on any atom is -0.312 e. The molecule has 1 saturated carbocycles. The molecule has 0 aromatic rings. The first-order chi connectivity index (χ1) is 8.34. The van der Waals surface area contributed by atoms with Gasteiger partial charge >= 0.3 is 0 Å². The van der Waals surface area contributed by atoms with Crippen LogP contribution in [0.25, 0.3) is 0 Å². The van der Waals surface area contributed by atoms with Gasteiger partial charge in [-0.1, -0.05) is 27.7 Å². The Morgan fingerprint density at radius 2 is 1.78 bits per heavy atom. The second-order valence-corrected chi connectivity index (χ2v) is 7.44.